The van der Waals surface area contributed by atoms with E-state index in [2.05, 4.69) is 14.8 Å². The second-order valence-electron chi connectivity index (χ2n) is 7.81. The van der Waals surface area contributed by atoms with Gasteiger partial charge in [-0.25, -0.2) is 4.68 Å². The summed E-state index contributed by atoms with van der Waals surface area (Å²) < 4.78 is 36.1. The number of hydrogen-bond donors (Lipinski definition) is 1. The molecule has 1 N–H and O–H groups in total. The van der Waals surface area contributed by atoms with Crippen molar-refractivity contribution >= 4 is 27.5 Å². The van der Waals surface area contributed by atoms with Gasteiger partial charge in [-0.15, -0.1) is 4.40 Å². The molecule has 1 amide bonds. The number of aryl methyl sites for hydroxylation is 1. The molecule has 9 nitrogen and oxygen atoms in total. The van der Waals surface area contributed by atoms with Crippen LogP contribution in [-0.2, 0) is 10.0 Å². The minimum atomic E-state index is -3.81. The van der Waals surface area contributed by atoms with E-state index >= 15 is 0 Å². The van der Waals surface area contributed by atoms with Crippen molar-refractivity contribution in [1.29, 1.82) is 0 Å². The van der Waals surface area contributed by atoms with Gasteiger partial charge >= 0.3 is 0 Å². The molecule has 10 heteroatoms. The Morgan fingerprint density at radius 1 is 1.15 bits per heavy atom. The van der Waals surface area contributed by atoms with Gasteiger partial charge in [0.1, 0.15) is 17.3 Å². The summed E-state index contributed by atoms with van der Waals surface area (Å²) in [4.78, 5) is 14.6. The molecule has 33 heavy (non-hydrogen) atoms. The van der Waals surface area contributed by atoms with Crippen LogP contribution >= 0.6 is 0 Å². The number of sulfonamides is 1. The van der Waals surface area contributed by atoms with Crippen molar-refractivity contribution < 1.29 is 17.9 Å². The second kappa shape index (κ2) is 9.07. The summed E-state index contributed by atoms with van der Waals surface area (Å²) in [5.74, 6) is 0.789. The number of nitrogens with zero attached hydrogens (tertiary/aromatic N) is 4. The average Bonchev–Trinajstić information content (AvgIpc) is 3.43. The Morgan fingerprint density at radius 2 is 1.91 bits per heavy atom. The number of nitrogens with one attached hydrogen (secondary N) is 1. The molecule has 3 aromatic rings. The van der Waals surface area contributed by atoms with Crippen LogP contribution in [0.4, 0.5) is 5.69 Å². The lowest BCUT2D eigenvalue weighted by atomic mass is 10.2. The number of hydrogen-bond acceptors (Lipinski definition) is 5. The second-order valence-corrected chi connectivity index (χ2v) is 9.41. The van der Waals surface area contributed by atoms with Crippen molar-refractivity contribution in [2.45, 2.75) is 24.7 Å². The first-order valence-corrected chi connectivity index (χ1v) is 11.9. The number of methoxy groups -OCH3 is 1. The van der Waals surface area contributed by atoms with E-state index in [0.29, 0.717) is 23.7 Å². The highest BCUT2D eigenvalue weighted by atomic mass is 32.2. The number of rotatable bonds is 6. The zero-order valence-corrected chi connectivity index (χ0v) is 19.5. The fraction of sp³-hybridized carbons (Fsp3) is 0.261. The van der Waals surface area contributed by atoms with Crippen molar-refractivity contribution in [2.24, 2.45) is 4.40 Å². The summed E-state index contributed by atoms with van der Waals surface area (Å²) in [5, 5.41) is 7.09. The van der Waals surface area contributed by atoms with Crippen molar-refractivity contribution in [3.8, 4) is 11.4 Å². The summed E-state index contributed by atoms with van der Waals surface area (Å²) in [6.07, 6.45) is 3.22. The van der Waals surface area contributed by atoms with Gasteiger partial charge < -0.3 is 15.0 Å². The zero-order chi connectivity index (χ0) is 23.6. The molecule has 0 spiro atoms. The van der Waals surface area contributed by atoms with Crippen LogP contribution in [0.2, 0.25) is 0 Å². The third-order valence-electron chi connectivity index (χ3n) is 5.37. The molecule has 0 saturated carbocycles. The van der Waals surface area contributed by atoms with E-state index in [1.807, 2.05) is 37.1 Å². The lowest BCUT2D eigenvalue weighted by molar-refractivity contribution is 0.102. The van der Waals surface area contributed by atoms with E-state index in [0.717, 1.165) is 24.2 Å². The average molecular weight is 468 g/mol. The predicted molar refractivity (Wildman–Crippen MR) is 126 cm³/mol. The number of carbonyl (C=O) groups is 1. The zero-order valence-electron chi connectivity index (χ0n) is 18.6. The van der Waals surface area contributed by atoms with E-state index in [1.165, 1.54) is 24.3 Å². The Kier molecular flexibility index (Phi) is 6.19. The SMILES string of the molecule is COc1ccc(C)cc1-n1ccc(C(=O)Nc2ccc(S(=O)(=O)/N=C3/CCCN3C)cc2)n1. The van der Waals surface area contributed by atoms with Crippen LogP contribution in [0.3, 0.4) is 0 Å². The number of likely N-dealkylation sites (tertiary alicyclic amines) is 1. The lowest BCUT2D eigenvalue weighted by Gasteiger charge is -2.11. The van der Waals surface area contributed by atoms with Crippen molar-refractivity contribution in [3.63, 3.8) is 0 Å². The monoisotopic (exact) mass is 467 g/mol. The molecule has 1 aliphatic rings. The van der Waals surface area contributed by atoms with Crippen LogP contribution in [0.1, 0.15) is 28.9 Å². The maximum Gasteiger partial charge on any atom is 0.283 e. The van der Waals surface area contributed by atoms with Crippen LogP contribution < -0.4 is 10.1 Å². The number of anilines is 1. The molecular weight excluding hydrogens is 442 g/mol. The molecule has 0 atom stereocenters. The van der Waals surface area contributed by atoms with E-state index in [-0.39, 0.29) is 10.6 Å². The van der Waals surface area contributed by atoms with Crippen LogP contribution in [-0.4, -0.2) is 55.5 Å². The normalized spacial score (nSPS) is 15.1. The van der Waals surface area contributed by atoms with Gasteiger partial charge in [0.05, 0.1) is 12.0 Å². The summed E-state index contributed by atoms with van der Waals surface area (Å²) in [5.41, 5.74) is 2.42. The molecular formula is C23H25N5O4S. The van der Waals surface area contributed by atoms with E-state index in [9.17, 15) is 13.2 Å². The Bertz CT molecular complexity index is 1310. The molecule has 0 aliphatic carbocycles. The Hall–Kier alpha value is -3.66. The highest BCUT2D eigenvalue weighted by Crippen LogP contribution is 2.24. The number of benzene rings is 2. The Balaban J connectivity index is 1.48. The molecule has 1 aromatic heterocycles. The quantitative estimate of drug-likeness (QED) is 0.597. The number of amidine groups is 1. The summed E-state index contributed by atoms with van der Waals surface area (Å²) in [6, 6.07) is 13.2. The minimum absolute atomic E-state index is 0.0733. The summed E-state index contributed by atoms with van der Waals surface area (Å²) in [7, 11) is -0.399. The number of ether oxygens (including phenoxy) is 1. The number of aromatic nitrogens is 2. The maximum absolute atomic E-state index is 12.7. The first-order chi connectivity index (χ1) is 15.8. The first kappa shape index (κ1) is 22.5. The van der Waals surface area contributed by atoms with Gasteiger partial charge in [0.25, 0.3) is 15.9 Å². The standard InChI is InChI=1S/C23H25N5O4S/c1-16-6-11-21(32-3)20(15-16)28-14-12-19(25-28)23(29)24-17-7-9-18(10-8-17)33(30,31)26-22-5-4-13-27(22)2/h6-12,14-15H,4-5,13H2,1-3H3,(H,24,29)/b26-22-. The largest absolute Gasteiger partial charge is 0.494 e. The van der Waals surface area contributed by atoms with Crippen LogP contribution in [0.5, 0.6) is 5.75 Å². The first-order valence-electron chi connectivity index (χ1n) is 10.4. The highest BCUT2D eigenvalue weighted by Gasteiger charge is 2.20. The topological polar surface area (TPSA) is 106 Å². The van der Waals surface area contributed by atoms with Gasteiger partial charge in [-0.05, 0) is 61.4 Å². The Morgan fingerprint density at radius 3 is 2.58 bits per heavy atom. The van der Waals surface area contributed by atoms with Crippen LogP contribution in [0.15, 0.2) is 64.0 Å². The Labute approximate surface area is 192 Å². The van der Waals surface area contributed by atoms with E-state index in [4.69, 9.17) is 4.74 Å². The molecule has 1 aliphatic heterocycles. The highest BCUT2D eigenvalue weighted by molar-refractivity contribution is 7.90. The fourth-order valence-corrected chi connectivity index (χ4v) is 4.66. The van der Waals surface area contributed by atoms with Gasteiger partial charge in [0.2, 0.25) is 0 Å². The predicted octanol–water partition coefficient (Wildman–Crippen LogP) is 3.25. The lowest BCUT2D eigenvalue weighted by Crippen LogP contribution is -2.20. The molecule has 1 fully saturated rings. The van der Waals surface area contributed by atoms with Gasteiger partial charge in [0, 0.05) is 31.9 Å². The van der Waals surface area contributed by atoms with E-state index < -0.39 is 15.9 Å². The molecule has 2 aromatic carbocycles. The number of amides is 1. The third-order valence-corrected chi connectivity index (χ3v) is 6.69. The fourth-order valence-electron chi connectivity index (χ4n) is 3.56. The molecule has 4 rings (SSSR count). The molecule has 0 bridgehead atoms. The van der Waals surface area contributed by atoms with Crippen LogP contribution in [0, 0.1) is 6.92 Å². The van der Waals surface area contributed by atoms with Gasteiger partial charge in [-0.2, -0.15) is 13.5 Å². The number of carbonyl (C=O) groups excluding carboxylic acids is 1. The van der Waals surface area contributed by atoms with Crippen molar-refractivity contribution in [1.82, 2.24) is 14.7 Å². The molecule has 0 unspecified atom stereocenters. The van der Waals surface area contributed by atoms with Crippen LogP contribution in [0.25, 0.3) is 5.69 Å². The molecule has 172 valence electrons. The molecule has 2 heterocycles. The maximum atomic E-state index is 12.7. The van der Waals surface area contributed by atoms with E-state index in [1.54, 1.807) is 24.1 Å². The third kappa shape index (κ3) is 4.90. The minimum Gasteiger partial charge on any atom is -0.494 e. The molecule has 0 radical (unpaired) electrons. The molecule has 1 saturated heterocycles. The summed E-state index contributed by atoms with van der Waals surface area (Å²) >= 11 is 0. The van der Waals surface area contributed by atoms with Gasteiger partial charge in [-0.3, -0.25) is 4.79 Å². The van der Waals surface area contributed by atoms with Gasteiger partial charge in [0.15, 0.2) is 5.69 Å². The van der Waals surface area contributed by atoms with Crippen molar-refractivity contribution in [3.05, 3.63) is 66.0 Å². The summed E-state index contributed by atoms with van der Waals surface area (Å²) in [6.45, 7) is 2.76. The smallest absolute Gasteiger partial charge is 0.283 e. The van der Waals surface area contributed by atoms with Gasteiger partial charge in [-0.1, -0.05) is 6.07 Å². The van der Waals surface area contributed by atoms with Crippen molar-refractivity contribution in [2.75, 3.05) is 26.0 Å².